The fraction of sp³-hybridized carbons (Fsp3) is 0.233. The Morgan fingerprint density at radius 3 is 2.53 bits per heavy atom. The van der Waals surface area contributed by atoms with Crippen molar-refractivity contribution in [3.05, 3.63) is 78.4 Å². The number of benzene rings is 3. The van der Waals surface area contributed by atoms with Gasteiger partial charge >= 0.3 is 12.4 Å². The van der Waals surface area contributed by atoms with Gasteiger partial charge in [-0.3, -0.25) is 9.69 Å². The average Bonchev–Trinajstić information content (AvgIpc) is 3.61. The molecule has 0 aliphatic carbocycles. The van der Waals surface area contributed by atoms with Crippen LogP contribution in [-0.4, -0.2) is 50.5 Å². The maximum atomic E-state index is 15.1. The molecule has 1 aliphatic rings. The van der Waals surface area contributed by atoms with Crippen molar-refractivity contribution in [2.45, 2.75) is 33.1 Å². The van der Waals surface area contributed by atoms with Crippen LogP contribution in [0, 0.1) is 5.82 Å². The molecule has 234 valence electrons. The van der Waals surface area contributed by atoms with Gasteiger partial charge < -0.3 is 15.4 Å². The number of halogens is 4. The molecule has 1 aromatic heterocycles. The Labute approximate surface area is 259 Å². The van der Waals surface area contributed by atoms with E-state index in [4.69, 9.17) is 0 Å². The second-order valence-corrected chi connectivity index (χ2v) is 11.0. The molecule has 2 heterocycles. The highest BCUT2D eigenvalue weighted by molar-refractivity contribution is 8.15. The van der Waals surface area contributed by atoms with Gasteiger partial charge in [-0.05, 0) is 73.0 Å². The summed E-state index contributed by atoms with van der Waals surface area (Å²) < 4.78 is 57.5. The quantitative estimate of drug-likeness (QED) is 0.196. The molecule has 0 radical (unpaired) electrons. The number of alkyl halides is 3. The number of nitrogens with one attached hydrogen (secondary N) is 2. The summed E-state index contributed by atoms with van der Waals surface area (Å²) in [5.74, 6) is -1.06. The molecule has 10 nitrogen and oxygen atoms in total. The van der Waals surface area contributed by atoms with E-state index in [-0.39, 0.29) is 45.6 Å². The van der Waals surface area contributed by atoms with Gasteiger partial charge in [0.25, 0.3) is 0 Å². The molecule has 3 amide bonds. The zero-order valence-electron chi connectivity index (χ0n) is 24.2. The van der Waals surface area contributed by atoms with Crippen molar-refractivity contribution in [3.8, 4) is 22.8 Å². The van der Waals surface area contributed by atoms with Crippen molar-refractivity contribution < 1.29 is 31.9 Å². The molecule has 15 heteroatoms. The lowest BCUT2D eigenvalue weighted by molar-refractivity contribution is -0.274. The molecular weight excluding hydrogens is 614 g/mol. The van der Waals surface area contributed by atoms with Crippen molar-refractivity contribution in [1.29, 1.82) is 0 Å². The highest BCUT2D eigenvalue weighted by Gasteiger charge is 2.33. The Morgan fingerprint density at radius 2 is 1.87 bits per heavy atom. The van der Waals surface area contributed by atoms with Crippen molar-refractivity contribution in [1.82, 2.24) is 14.8 Å². The lowest BCUT2D eigenvalue weighted by Crippen LogP contribution is -2.31. The molecule has 3 aromatic carbocycles. The molecule has 1 saturated heterocycles. The van der Waals surface area contributed by atoms with Gasteiger partial charge in [-0.25, -0.2) is 18.9 Å². The molecule has 2 N–H and O–H groups in total. The predicted molar refractivity (Wildman–Crippen MR) is 165 cm³/mol. The van der Waals surface area contributed by atoms with E-state index in [1.807, 2.05) is 39.0 Å². The third-order valence-corrected chi connectivity index (χ3v) is 7.46. The Kier molecular flexibility index (Phi) is 9.09. The lowest BCUT2D eigenvalue weighted by atomic mass is 10.00. The van der Waals surface area contributed by atoms with E-state index >= 15 is 4.39 Å². The number of nitrogens with zero attached hydrogens (tertiary/aromatic N) is 5. The first kappa shape index (κ1) is 31.5. The number of anilines is 3. The van der Waals surface area contributed by atoms with E-state index < -0.39 is 18.2 Å². The van der Waals surface area contributed by atoms with Crippen LogP contribution in [0.3, 0.4) is 0 Å². The standard InChI is InChI=1S/C30H27F4N7O3S/c1-4-35-19-6-11-22(17(2)3)25(14-19)41-26(42)15-45-29(41)38-28(43)37-24-12-5-18(13-23(24)31)27-36-16-40(39-27)20-7-9-21(10-8-20)44-30(32,33)34/h5-14,16-17,35H,4,15H2,1-3H3,(H,37,43)/b38-29-. The van der Waals surface area contributed by atoms with Gasteiger partial charge in [-0.2, -0.15) is 4.99 Å². The Bertz CT molecular complexity index is 1760. The number of aromatic nitrogens is 3. The second-order valence-electron chi connectivity index (χ2n) is 10.1. The molecule has 4 aromatic rings. The van der Waals surface area contributed by atoms with Crippen LogP contribution in [0.1, 0.15) is 32.3 Å². The van der Waals surface area contributed by atoms with E-state index in [1.54, 1.807) is 0 Å². The second kappa shape index (κ2) is 13.0. The average molecular weight is 642 g/mol. The molecule has 45 heavy (non-hydrogen) atoms. The zero-order chi connectivity index (χ0) is 32.3. The molecule has 0 bridgehead atoms. The number of urea groups is 1. The molecule has 0 saturated carbocycles. The number of ether oxygens (including phenoxy) is 1. The van der Waals surface area contributed by atoms with Crippen LogP contribution < -0.4 is 20.3 Å². The summed E-state index contributed by atoms with van der Waals surface area (Å²) in [5, 5.41) is 10.1. The van der Waals surface area contributed by atoms with Crippen LogP contribution in [0.5, 0.6) is 5.75 Å². The summed E-state index contributed by atoms with van der Waals surface area (Å²) in [7, 11) is 0. The van der Waals surface area contributed by atoms with Gasteiger partial charge in [0.15, 0.2) is 11.0 Å². The SMILES string of the molecule is CCNc1ccc(C(C)C)c(N2C(=O)CS/C2=N\C(=O)Nc2ccc(-c3ncn(-c4ccc(OC(F)(F)F)cc4)n3)cc2F)c1. The predicted octanol–water partition coefficient (Wildman–Crippen LogP) is 7.20. The summed E-state index contributed by atoms with van der Waals surface area (Å²) in [6.45, 7) is 6.65. The lowest BCUT2D eigenvalue weighted by Gasteiger charge is -2.22. The largest absolute Gasteiger partial charge is 0.573 e. The van der Waals surface area contributed by atoms with Crippen LogP contribution in [-0.2, 0) is 4.79 Å². The number of carbonyl (C=O) groups is 2. The molecule has 1 aliphatic heterocycles. The minimum absolute atomic E-state index is 0.0936. The van der Waals surface area contributed by atoms with Crippen molar-refractivity contribution >= 4 is 45.9 Å². The Morgan fingerprint density at radius 1 is 1.11 bits per heavy atom. The number of hydrogen-bond donors (Lipinski definition) is 2. The zero-order valence-corrected chi connectivity index (χ0v) is 25.0. The monoisotopic (exact) mass is 641 g/mol. The molecule has 5 rings (SSSR count). The maximum absolute atomic E-state index is 15.1. The number of rotatable bonds is 8. The number of amidine groups is 1. The minimum Gasteiger partial charge on any atom is -0.406 e. The first-order valence-corrected chi connectivity index (χ1v) is 14.7. The van der Waals surface area contributed by atoms with Crippen LogP contribution in [0.25, 0.3) is 17.1 Å². The number of hydrogen-bond acceptors (Lipinski definition) is 7. The van der Waals surface area contributed by atoms with Gasteiger partial charge in [-0.1, -0.05) is 31.7 Å². The maximum Gasteiger partial charge on any atom is 0.573 e. The molecular formula is C30H27F4N7O3S. The van der Waals surface area contributed by atoms with Crippen molar-refractivity contribution in [2.24, 2.45) is 4.99 Å². The fourth-order valence-corrected chi connectivity index (χ4v) is 5.39. The molecule has 0 spiro atoms. The van der Waals surface area contributed by atoms with Crippen LogP contribution >= 0.6 is 11.8 Å². The first-order valence-electron chi connectivity index (χ1n) is 13.7. The van der Waals surface area contributed by atoms with Gasteiger partial charge in [0.05, 0.1) is 22.8 Å². The number of thioether (sulfide) groups is 1. The Hall–Kier alpha value is -4.92. The van der Waals surface area contributed by atoms with Crippen LogP contribution in [0.2, 0.25) is 0 Å². The molecule has 0 unspecified atom stereocenters. The fourth-order valence-electron chi connectivity index (χ4n) is 4.53. The van der Waals surface area contributed by atoms with E-state index in [0.29, 0.717) is 17.9 Å². The van der Waals surface area contributed by atoms with Gasteiger partial charge in [0.1, 0.15) is 17.9 Å². The highest BCUT2D eigenvalue weighted by Crippen LogP contribution is 2.35. The minimum atomic E-state index is -4.81. The molecule has 0 atom stereocenters. The van der Waals surface area contributed by atoms with Gasteiger partial charge in [-0.15, -0.1) is 18.3 Å². The van der Waals surface area contributed by atoms with E-state index in [0.717, 1.165) is 41.2 Å². The van der Waals surface area contributed by atoms with E-state index in [2.05, 4.69) is 30.4 Å². The summed E-state index contributed by atoms with van der Waals surface area (Å²) in [6.07, 6.45) is -3.49. The van der Waals surface area contributed by atoms with Gasteiger partial charge in [0, 0.05) is 17.8 Å². The summed E-state index contributed by atoms with van der Waals surface area (Å²) in [4.78, 5) is 35.4. The number of amides is 3. The molecule has 1 fully saturated rings. The summed E-state index contributed by atoms with van der Waals surface area (Å²) in [5.41, 5.74) is 2.89. The van der Waals surface area contributed by atoms with Crippen molar-refractivity contribution in [2.75, 3.05) is 27.8 Å². The number of aliphatic imine (C=N–C) groups is 1. The third-order valence-electron chi connectivity index (χ3n) is 6.53. The van der Waals surface area contributed by atoms with E-state index in [9.17, 15) is 22.8 Å². The third kappa shape index (κ3) is 7.42. The Balaban J connectivity index is 1.31. The smallest absolute Gasteiger partial charge is 0.406 e. The number of carbonyl (C=O) groups excluding carboxylic acids is 2. The summed E-state index contributed by atoms with van der Waals surface area (Å²) in [6, 6.07) is 13.8. The summed E-state index contributed by atoms with van der Waals surface area (Å²) >= 11 is 1.11. The highest BCUT2D eigenvalue weighted by atomic mass is 32.2. The van der Waals surface area contributed by atoms with E-state index in [1.165, 1.54) is 40.2 Å². The first-order chi connectivity index (χ1) is 21.4. The normalized spacial score (nSPS) is 14.4. The van der Waals surface area contributed by atoms with Crippen LogP contribution in [0.15, 0.2) is 72.0 Å². The van der Waals surface area contributed by atoms with Gasteiger partial charge in [0.2, 0.25) is 5.91 Å². The van der Waals surface area contributed by atoms with Crippen LogP contribution in [0.4, 0.5) is 39.4 Å². The topological polar surface area (TPSA) is 114 Å². The van der Waals surface area contributed by atoms with Crippen molar-refractivity contribution in [3.63, 3.8) is 0 Å².